The lowest BCUT2D eigenvalue weighted by Gasteiger charge is -2.12. The Morgan fingerprint density at radius 1 is 0.288 bits per heavy atom. The molecule has 0 spiro atoms. The summed E-state index contributed by atoms with van der Waals surface area (Å²) in [5, 5.41) is 4.67. The van der Waals surface area contributed by atoms with Crippen LogP contribution in [-0.4, -0.2) is 15.0 Å². The molecular formula is C55H35N3S. The number of fused-ring (bicyclic) bond motifs is 4. The number of nitrogens with zero attached hydrogens (tertiary/aromatic N) is 3. The summed E-state index contributed by atoms with van der Waals surface area (Å²) >= 11 is 1.82. The van der Waals surface area contributed by atoms with Crippen molar-refractivity contribution in [3.63, 3.8) is 0 Å². The maximum absolute atomic E-state index is 5.30. The van der Waals surface area contributed by atoms with Gasteiger partial charge in [-0.15, -0.1) is 11.3 Å². The Morgan fingerprint density at radius 3 is 1.58 bits per heavy atom. The van der Waals surface area contributed by atoms with E-state index >= 15 is 0 Å². The fourth-order valence-electron chi connectivity index (χ4n) is 8.25. The van der Waals surface area contributed by atoms with Crippen LogP contribution in [0.15, 0.2) is 212 Å². The highest BCUT2D eigenvalue weighted by atomic mass is 32.1. The molecular weight excluding hydrogens is 735 g/mol. The molecule has 0 unspecified atom stereocenters. The molecule has 0 saturated carbocycles. The molecule has 0 aliphatic carbocycles. The molecule has 2 heterocycles. The lowest BCUT2D eigenvalue weighted by Crippen LogP contribution is -2.00. The van der Waals surface area contributed by atoms with E-state index in [0.29, 0.717) is 17.5 Å². The fourth-order valence-corrected chi connectivity index (χ4v) is 9.51. The predicted octanol–water partition coefficient (Wildman–Crippen LogP) is 15.1. The van der Waals surface area contributed by atoms with Crippen molar-refractivity contribution >= 4 is 42.3 Å². The van der Waals surface area contributed by atoms with Gasteiger partial charge in [0.15, 0.2) is 17.5 Å². The smallest absolute Gasteiger partial charge is 0.164 e. The number of hydrogen-bond acceptors (Lipinski definition) is 4. The van der Waals surface area contributed by atoms with Crippen molar-refractivity contribution in [2.75, 3.05) is 0 Å². The second kappa shape index (κ2) is 14.8. The van der Waals surface area contributed by atoms with E-state index in [-0.39, 0.29) is 0 Å². The Hall–Kier alpha value is -7.53. The van der Waals surface area contributed by atoms with Crippen LogP contribution in [0.4, 0.5) is 0 Å². The van der Waals surface area contributed by atoms with Gasteiger partial charge >= 0.3 is 0 Å². The molecule has 0 aliphatic heterocycles. The molecule has 0 atom stereocenters. The highest BCUT2D eigenvalue weighted by Gasteiger charge is 2.19. The summed E-state index contributed by atoms with van der Waals surface area (Å²) in [7, 11) is 0. The molecule has 0 fully saturated rings. The Morgan fingerprint density at radius 2 is 0.814 bits per heavy atom. The van der Waals surface area contributed by atoms with Gasteiger partial charge in [-0.25, -0.2) is 15.0 Å². The molecule has 9 aromatic carbocycles. The van der Waals surface area contributed by atoms with Gasteiger partial charge in [0, 0.05) is 36.9 Å². The maximum atomic E-state index is 5.30. The van der Waals surface area contributed by atoms with Gasteiger partial charge in [-0.3, -0.25) is 0 Å². The average molecular weight is 770 g/mol. The Balaban J connectivity index is 1.08. The zero-order valence-electron chi connectivity index (χ0n) is 32.0. The maximum Gasteiger partial charge on any atom is 0.164 e. The summed E-state index contributed by atoms with van der Waals surface area (Å²) < 4.78 is 2.44. The highest BCUT2D eigenvalue weighted by molar-refractivity contribution is 7.26. The van der Waals surface area contributed by atoms with Gasteiger partial charge in [0.05, 0.1) is 0 Å². The van der Waals surface area contributed by atoms with E-state index in [4.69, 9.17) is 15.0 Å². The minimum atomic E-state index is 0.637. The molecule has 0 aliphatic rings. The van der Waals surface area contributed by atoms with Gasteiger partial charge in [-0.05, 0) is 73.5 Å². The topological polar surface area (TPSA) is 38.7 Å². The van der Waals surface area contributed by atoms with Crippen molar-refractivity contribution < 1.29 is 0 Å². The summed E-state index contributed by atoms with van der Waals surface area (Å²) in [4.78, 5) is 15.7. The number of rotatable bonds is 7. The van der Waals surface area contributed by atoms with E-state index in [1.165, 1.54) is 59.1 Å². The Kier molecular flexibility index (Phi) is 8.68. The van der Waals surface area contributed by atoms with Crippen molar-refractivity contribution in [1.29, 1.82) is 0 Å². The van der Waals surface area contributed by atoms with E-state index in [9.17, 15) is 0 Å². The average Bonchev–Trinajstić information content (AvgIpc) is 3.71. The van der Waals surface area contributed by atoms with Crippen LogP contribution in [0.5, 0.6) is 0 Å². The lowest BCUT2D eigenvalue weighted by atomic mass is 9.97. The largest absolute Gasteiger partial charge is 0.208 e. The van der Waals surface area contributed by atoms with Crippen LogP contribution in [0.3, 0.4) is 0 Å². The number of aromatic nitrogens is 3. The van der Waals surface area contributed by atoms with Crippen LogP contribution in [0.1, 0.15) is 0 Å². The van der Waals surface area contributed by atoms with Crippen molar-refractivity contribution in [2.24, 2.45) is 0 Å². The standard InChI is InChI=1S/C55H35N3S/c1-4-14-36(15-5-1)38-28-30-40(31-29-38)53-56-54(44-32-33-46-42(35-44)22-11-23-45(46)39-18-8-3-9-19-39)58-55(57-53)49-26-13-27-50-51(49)48-25-12-24-47(52(48)59-50)43-21-10-20-41(34-43)37-16-6-2-7-17-37/h1-35H. The molecule has 276 valence electrons. The lowest BCUT2D eigenvalue weighted by molar-refractivity contribution is 1.08. The summed E-state index contributed by atoms with van der Waals surface area (Å²) in [5.41, 5.74) is 12.4. The van der Waals surface area contributed by atoms with Crippen molar-refractivity contribution in [1.82, 2.24) is 15.0 Å². The first-order valence-corrected chi connectivity index (χ1v) is 20.7. The van der Waals surface area contributed by atoms with Crippen molar-refractivity contribution in [2.45, 2.75) is 0 Å². The van der Waals surface area contributed by atoms with Crippen LogP contribution in [-0.2, 0) is 0 Å². The van der Waals surface area contributed by atoms with Crippen molar-refractivity contribution in [3.05, 3.63) is 212 Å². The Labute approximate surface area is 346 Å². The van der Waals surface area contributed by atoms with Gasteiger partial charge in [0.25, 0.3) is 0 Å². The van der Waals surface area contributed by atoms with Crippen LogP contribution >= 0.6 is 11.3 Å². The second-order valence-corrected chi connectivity index (χ2v) is 15.8. The van der Waals surface area contributed by atoms with Gasteiger partial charge < -0.3 is 0 Å². The molecule has 11 rings (SSSR count). The molecule has 3 nitrogen and oxygen atoms in total. The van der Waals surface area contributed by atoms with E-state index < -0.39 is 0 Å². The SMILES string of the molecule is c1ccc(-c2ccc(-c3nc(-c4ccc5c(-c6ccccc6)cccc5c4)nc(-c4cccc5sc6c(-c7cccc(-c8ccccc8)c7)cccc6c45)n3)cc2)cc1. The van der Waals surface area contributed by atoms with Crippen LogP contribution < -0.4 is 0 Å². The van der Waals surface area contributed by atoms with E-state index in [1.54, 1.807) is 0 Å². The zero-order chi connectivity index (χ0) is 39.1. The van der Waals surface area contributed by atoms with Gasteiger partial charge in [-0.2, -0.15) is 0 Å². The van der Waals surface area contributed by atoms with E-state index in [0.717, 1.165) is 33.0 Å². The molecule has 0 N–H and O–H groups in total. The van der Waals surface area contributed by atoms with Crippen LogP contribution in [0, 0.1) is 0 Å². The predicted molar refractivity (Wildman–Crippen MR) is 248 cm³/mol. The molecule has 2 aromatic heterocycles. The molecule has 0 bridgehead atoms. The normalized spacial score (nSPS) is 11.4. The second-order valence-electron chi connectivity index (χ2n) is 14.8. The number of benzene rings is 9. The molecule has 4 heteroatoms. The third kappa shape index (κ3) is 6.46. The van der Waals surface area contributed by atoms with Gasteiger partial charge in [0.2, 0.25) is 0 Å². The first-order chi connectivity index (χ1) is 29.2. The van der Waals surface area contributed by atoms with E-state index in [1.807, 2.05) is 17.4 Å². The number of hydrogen-bond donors (Lipinski definition) is 0. The summed E-state index contributed by atoms with van der Waals surface area (Å²) in [6.45, 7) is 0. The monoisotopic (exact) mass is 769 g/mol. The third-order valence-electron chi connectivity index (χ3n) is 11.2. The fraction of sp³-hybridized carbons (Fsp3) is 0. The first kappa shape index (κ1) is 34.7. The number of thiophene rings is 1. The summed E-state index contributed by atoms with van der Waals surface area (Å²) in [5.74, 6) is 1.92. The zero-order valence-corrected chi connectivity index (χ0v) is 32.8. The molecule has 59 heavy (non-hydrogen) atoms. The minimum Gasteiger partial charge on any atom is -0.208 e. The molecule has 0 saturated heterocycles. The summed E-state index contributed by atoms with van der Waals surface area (Å²) in [6, 6.07) is 75.2. The molecule has 0 radical (unpaired) electrons. The minimum absolute atomic E-state index is 0.637. The molecule has 0 amide bonds. The molecule has 11 aromatic rings. The van der Waals surface area contributed by atoms with Gasteiger partial charge in [-0.1, -0.05) is 194 Å². The first-order valence-electron chi connectivity index (χ1n) is 19.8. The van der Waals surface area contributed by atoms with Crippen LogP contribution in [0.25, 0.3) is 110 Å². The van der Waals surface area contributed by atoms with Crippen molar-refractivity contribution in [3.8, 4) is 78.7 Å². The quantitative estimate of drug-likeness (QED) is 0.162. The van der Waals surface area contributed by atoms with E-state index in [2.05, 4.69) is 206 Å². The van der Waals surface area contributed by atoms with Crippen LogP contribution in [0.2, 0.25) is 0 Å². The third-order valence-corrected chi connectivity index (χ3v) is 12.4. The summed E-state index contributed by atoms with van der Waals surface area (Å²) in [6.07, 6.45) is 0. The Bertz CT molecular complexity index is 3300. The highest BCUT2D eigenvalue weighted by Crippen LogP contribution is 2.44. The van der Waals surface area contributed by atoms with Gasteiger partial charge in [0.1, 0.15) is 0 Å².